The van der Waals surface area contributed by atoms with E-state index in [1.54, 1.807) is 11.8 Å². The molecule has 0 N–H and O–H groups in total. The van der Waals surface area contributed by atoms with E-state index in [0.717, 1.165) is 22.1 Å². The van der Waals surface area contributed by atoms with Crippen molar-refractivity contribution in [3.05, 3.63) is 23.8 Å². The molecule has 0 amide bonds. The van der Waals surface area contributed by atoms with E-state index in [4.69, 9.17) is 0 Å². The lowest BCUT2D eigenvalue weighted by molar-refractivity contribution is 0.623. The average molecular weight is 277 g/mol. The Bertz CT molecular complexity index is 431. The number of nitrogens with zero attached hydrogens (tertiary/aromatic N) is 1. The molecule has 96 valence electrons. The fourth-order valence-corrected chi connectivity index (χ4v) is 4.48. The summed E-state index contributed by atoms with van der Waals surface area (Å²) in [4.78, 5) is 2.30. The van der Waals surface area contributed by atoms with Crippen molar-refractivity contribution in [3.8, 4) is 6.07 Å². The van der Waals surface area contributed by atoms with Crippen molar-refractivity contribution < 1.29 is 0 Å². The van der Waals surface area contributed by atoms with Crippen LogP contribution in [0.15, 0.2) is 28.0 Å². The standard InChI is InChI=1S/C15H19NS2/c1-2-17-14-8-5-9-15(13(14)10-16)18-11-12-6-3-4-7-12/h5,8-9,12H,2-4,6-7,11H2,1H3. The Balaban J connectivity index is 2.06. The molecule has 3 heteroatoms. The number of thioether (sulfide) groups is 2. The maximum absolute atomic E-state index is 9.34. The maximum Gasteiger partial charge on any atom is 0.101 e. The Labute approximate surface area is 118 Å². The minimum atomic E-state index is 0.865. The molecule has 2 rings (SSSR count). The zero-order chi connectivity index (χ0) is 12.8. The van der Waals surface area contributed by atoms with E-state index in [2.05, 4.69) is 31.2 Å². The topological polar surface area (TPSA) is 23.8 Å². The smallest absolute Gasteiger partial charge is 0.101 e. The van der Waals surface area contributed by atoms with Crippen molar-refractivity contribution in [3.63, 3.8) is 0 Å². The lowest BCUT2D eigenvalue weighted by atomic mass is 10.1. The molecule has 0 aliphatic heterocycles. The van der Waals surface area contributed by atoms with Crippen LogP contribution in [0, 0.1) is 17.2 Å². The van der Waals surface area contributed by atoms with Crippen molar-refractivity contribution in [2.24, 2.45) is 5.92 Å². The van der Waals surface area contributed by atoms with Crippen LogP contribution in [-0.2, 0) is 0 Å². The van der Waals surface area contributed by atoms with Crippen molar-refractivity contribution in [1.82, 2.24) is 0 Å². The van der Waals surface area contributed by atoms with E-state index in [9.17, 15) is 5.26 Å². The first-order valence-corrected chi connectivity index (χ1v) is 8.61. The zero-order valence-electron chi connectivity index (χ0n) is 10.8. The van der Waals surface area contributed by atoms with E-state index >= 15 is 0 Å². The highest BCUT2D eigenvalue weighted by molar-refractivity contribution is 8.00. The summed E-state index contributed by atoms with van der Waals surface area (Å²) in [5.41, 5.74) is 0.882. The molecule has 1 aliphatic rings. The van der Waals surface area contributed by atoms with E-state index in [0.29, 0.717) is 0 Å². The summed E-state index contributed by atoms with van der Waals surface area (Å²) < 4.78 is 0. The average Bonchev–Trinajstić information content (AvgIpc) is 2.90. The fraction of sp³-hybridized carbons (Fsp3) is 0.533. The van der Waals surface area contributed by atoms with Gasteiger partial charge in [-0.25, -0.2) is 0 Å². The van der Waals surface area contributed by atoms with Crippen LogP contribution in [-0.4, -0.2) is 11.5 Å². The predicted octanol–water partition coefficient (Wildman–Crippen LogP) is 4.95. The minimum Gasteiger partial charge on any atom is -0.192 e. The second-order valence-electron chi connectivity index (χ2n) is 4.64. The van der Waals surface area contributed by atoms with Crippen LogP contribution in [0.25, 0.3) is 0 Å². The molecule has 1 fully saturated rings. The summed E-state index contributed by atoms with van der Waals surface area (Å²) >= 11 is 3.64. The molecule has 18 heavy (non-hydrogen) atoms. The maximum atomic E-state index is 9.34. The molecule has 0 aromatic heterocycles. The van der Waals surface area contributed by atoms with E-state index < -0.39 is 0 Å². The first-order valence-electron chi connectivity index (χ1n) is 6.64. The van der Waals surface area contributed by atoms with Gasteiger partial charge in [-0.3, -0.25) is 0 Å². The first kappa shape index (κ1) is 13.8. The number of benzene rings is 1. The van der Waals surface area contributed by atoms with Gasteiger partial charge < -0.3 is 0 Å². The SMILES string of the molecule is CCSc1cccc(SCC2CCCC2)c1C#N. The summed E-state index contributed by atoms with van der Waals surface area (Å²) in [6.07, 6.45) is 5.53. The van der Waals surface area contributed by atoms with Crippen LogP contribution in [0.3, 0.4) is 0 Å². The Morgan fingerprint density at radius 2 is 1.89 bits per heavy atom. The molecule has 0 radical (unpaired) electrons. The van der Waals surface area contributed by atoms with Gasteiger partial charge in [0, 0.05) is 15.5 Å². The highest BCUT2D eigenvalue weighted by Crippen LogP contribution is 2.35. The molecule has 0 bridgehead atoms. The van der Waals surface area contributed by atoms with Gasteiger partial charge in [-0.15, -0.1) is 23.5 Å². The third kappa shape index (κ3) is 3.46. The third-order valence-corrected chi connectivity index (χ3v) is 5.58. The predicted molar refractivity (Wildman–Crippen MR) is 80.2 cm³/mol. The largest absolute Gasteiger partial charge is 0.192 e. The molecular weight excluding hydrogens is 258 g/mol. The van der Waals surface area contributed by atoms with E-state index in [-0.39, 0.29) is 0 Å². The zero-order valence-corrected chi connectivity index (χ0v) is 12.4. The monoisotopic (exact) mass is 277 g/mol. The van der Waals surface area contributed by atoms with Gasteiger partial charge in [-0.05, 0) is 36.6 Å². The molecule has 0 heterocycles. The summed E-state index contributed by atoms with van der Waals surface area (Å²) in [6, 6.07) is 8.62. The summed E-state index contributed by atoms with van der Waals surface area (Å²) in [5.74, 6) is 3.06. The van der Waals surface area contributed by atoms with Crippen molar-refractivity contribution in [2.75, 3.05) is 11.5 Å². The molecule has 0 atom stereocenters. The van der Waals surface area contributed by atoms with E-state index in [1.807, 2.05) is 11.8 Å². The van der Waals surface area contributed by atoms with Crippen LogP contribution in [0.1, 0.15) is 38.2 Å². The molecule has 1 aromatic carbocycles. The molecule has 1 aliphatic carbocycles. The van der Waals surface area contributed by atoms with Crippen LogP contribution >= 0.6 is 23.5 Å². The van der Waals surface area contributed by atoms with Crippen LogP contribution < -0.4 is 0 Å². The van der Waals surface area contributed by atoms with Gasteiger partial charge >= 0.3 is 0 Å². The molecule has 1 aromatic rings. The van der Waals surface area contributed by atoms with Gasteiger partial charge in [0.2, 0.25) is 0 Å². The van der Waals surface area contributed by atoms with Crippen molar-refractivity contribution >= 4 is 23.5 Å². The molecule has 0 spiro atoms. The normalized spacial score (nSPS) is 15.8. The third-order valence-electron chi connectivity index (χ3n) is 3.35. The molecule has 0 saturated heterocycles. The van der Waals surface area contributed by atoms with Crippen molar-refractivity contribution in [2.45, 2.75) is 42.4 Å². The number of hydrogen-bond donors (Lipinski definition) is 0. The second-order valence-corrected chi connectivity index (χ2v) is 7.00. The van der Waals surface area contributed by atoms with Crippen LogP contribution in [0.2, 0.25) is 0 Å². The van der Waals surface area contributed by atoms with Gasteiger partial charge in [0.05, 0.1) is 5.56 Å². The van der Waals surface area contributed by atoms with E-state index in [1.165, 1.54) is 36.3 Å². The Morgan fingerprint density at radius 3 is 2.50 bits per heavy atom. The Morgan fingerprint density at radius 1 is 1.22 bits per heavy atom. The van der Waals surface area contributed by atoms with Gasteiger partial charge in [0.1, 0.15) is 6.07 Å². The highest BCUT2D eigenvalue weighted by atomic mass is 32.2. The Kier molecular flexibility index (Phi) is 5.46. The molecular formula is C15H19NS2. The molecule has 0 unspecified atom stereocenters. The number of hydrogen-bond acceptors (Lipinski definition) is 3. The quantitative estimate of drug-likeness (QED) is 0.711. The van der Waals surface area contributed by atoms with Gasteiger partial charge in [0.25, 0.3) is 0 Å². The van der Waals surface area contributed by atoms with Gasteiger partial charge in [-0.2, -0.15) is 5.26 Å². The molecule has 1 saturated carbocycles. The van der Waals surface area contributed by atoms with Crippen LogP contribution in [0.5, 0.6) is 0 Å². The van der Waals surface area contributed by atoms with Crippen molar-refractivity contribution in [1.29, 1.82) is 5.26 Å². The molecule has 1 nitrogen and oxygen atoms in total. The lowest BCUT2D eigenvalue weighted by Gasteiger charge is -2.11. The minimum absolute atomic E-state index is 0.865. The summed E-state index contributed by atoms with van der Waals surface area (Å²) in [6.45, 7) is 2.13. The second kappa shape index (κ2) is 7.11. The fourth-order valence-electron chi connectivity index (χ4n) is 2.40. The van der Waals surface area contributed by atoms with Gasteiger partial charge in [-0.1, -0.05) is 25.8 Å². The lowest BCUT2D eigenvalue weighted by Crippen LogP contribution is -1.97. The van der Waals surface area contributed by atoms with Crippen LogP contribution in [0.4, 0.5) is 0 Å². The van der Waals surface area contributed by atoms with Gasteiger partial charge in [0.15, 0.2) is 0 Å². The first-order chi connectivity index (χ1) is 8.85. The number of nitriles is 1. The summed E-state index contributed by atoms with van der Waals surface area (Å²) in [7, 11) is 0. The highest BCUT2D eigenvalue weighted by Gasteiger charge is 2.16. The summed E-state index contributed by atoms with van der Waals surface area (Å²) in [5, 5.41) is 9.34. The number of rotatable bonds is 5. The Hall–Kier alpha value is -0.590.